The molecule has 8 heteroatoms. The molecule has 0 spiro atoms. The van der Waals surface area contributed by atoms with Gasteiger partial charge in [-0.25, -0.2) is 5.21 Å². The first kappa shape index (κ1) is 21.6. The first-order chi connectivity index (χ1) is 16.0. The Bertz CT molecular complexity index is 1200. The van der Waals surface area contributed by atoms with Crippen molar-refractivity contribution >= 4 is 28.4 Å². The topological polar surface area (TPSA) is 104 Å². The van der Waals surface area contributed by atoms with E-state index in [1.165, 1.54) is 6.07 Å². The highest BCUT2D eigenvalue weighted by Crippen LogP contribution is 2.42. The number of benzene rings is 2. The minimum absolute atomic E-state index is 0.0268. The Morgan fingerprint density at radius 1 is 1.15 bits per heavy atom. The lowest BCUT2D eigenvalue weighted by Gasteiger charge is -2.47. The van der Waals surface area contributed by atoms with Crippen LogP contribution < -0.4 is 5.23 Å². The standard InChI is InChI=1S/C25H28N4O4/c1-2-3-6-12-27-15-22(30)28-21(25(27)31)14-19-18-10-4-5-11-20(18)26-23(19)24(28)16-8-7-9-17(13-16)29(32)33/h4-5,7-11,13,21,24,26,29,32H,2-3,6,12,14-15H2,1H3. The average Bonchev–Trinajstić information content (AvgIpc) is 3.19. The van der Waals surface area contributed by atoms with Crippen molar-refractivity contribution in [2.75, 3.05) is 13.1 Å². The van der Waals surface area contributed by atoms with E-state index >= 15 is 0 Å². The van der Waals surface area contributed by atoms with Crippen LogP contribution in [-0.2, 0) is 16.0 Å². The number of para-hydroxylation sites is 1. The lowest BCUT2D eigenvalue weighted by molar-refractivity contribution is -0.991. The number of unbranched alkanes of at least 4 members (excludes halogenated alkanes) is 2. The summed E-state index contributed by atoms with van der Waals surface area (Å²) in [5, 5.41) is 21.2. The van der Waals surface area contributed by atoms with Crippen LogP contribution in [0, 0.1) is 5.21 Å². The first-order valence-electron chi connectivity index (χ1n) is 11.5. The van der Waals surface area contributed by atoms with E-state index in [1.54, 1.807) is 21.9 Å². The number of hydrogen-bond donors (Lipinski definition) is 3. The molecule has 3 unspecified atom stereocenters. The zero-order valence-electron chi connectivity index (χ0n) is 18.6. The maximum Gasteiger partial charge on any atom is 0.246 e. The van der Waals surface area contributed by atoms with Crippen LogP contribution in [0.4, 0.5) is 5.69 Å². The number of quaternary nitrogens is 1. The van der Waals surface area contributed by atoms with Crippen LogP contribution in [0.3, 0.4) is 0 Å². The van der Waals surface area contributed by atoms with Crippen LogP contribution in [0.5, 0.6) is 0 Å². The maximum atomic E-state index is 13.5. The molecule has 1 saturated heterocycles. The second kappa shape index (κ2) is 8.62. The Morgan fingerprint density at radius 2 is 1.97 bits per heavy atom. The minimum Gasteiger partial charge on any atom is -0.595 e. The molecule has 3 atom stereocenters. The van der Waals surface area contributed by atoms with Crippen LogP contribution >= 0.6 is 0 Å². The normalized spacial score (nSPS) is 21.3. The van der Waals surface area contributed by atoms with Gasteiger partial charge >= 0.3 is 0 Å². The highest BCUT2D eigenvalue weighted by Gasteiger charge is 2.48. The van der Waals surface area contributed by atoms with Gasteiger partial charge in [0, 0.05) is 41.7 Å². The number of carbonyl (C=O) groups is 2. The van der Waals surface area contributed by atoms with E-state index in [0.29, 0.717) is 18.5 Å². The van der Waals surface area contributed by atoms with E-state index < -0.39 is 17.3 Å². The van der Waals surface area contributed by atoms with E-state index in [0.717, 1.165) is 41.4 Å². The van der Waals surface area contributed by atoms with E-state index in [2.05, 4.69) is 11.9 Å². The molecule has 0 bridgehead atoms. The number of aromatic amines is 1. The van der Waals surface area contributed by atoms with Crippen LogP contribution in [0.2, 0.25) is 0 Å². The van der Waals surface area contributed by atoms with Gasteiger partial charge in [-0.2, -0.15) is 5.23 Å². The summed E-state index contributed by atoms with van der Waals surface area (Å²) >= 11 is 0. The number of hydrogen-bond acceptors (Lipinski definition) is 4. The van der Waals surface area contributed by atoms with E-state index in [9.17, 15) is 20.0 Å². The third-order valence-electron chi connectivity index (χ3n) is 6.82. The zero-order valence-corrected chi connectivity index (χ0v) is 18.6. The Labute approximate surface area is 191 Å². The molecule has 2 aliphatic heterocycles. The molecule has 33 heavy (non-hydrogen) atoms. The summed E-state index contributed by atoms with van der Waals surface area (Å²) in [6.45, 7) is 2.76. The molecule has 3 heterocycles. The summed E-state index contributed by atoms with van der Waals surface area (Å²) < 4.78 is 0. The first-order valence-corrected chi connectivity index (χ1v) is 11.5. The molecule has 172 valence electrons. The molecule has 2 aromatic carbocycles. The Hall–Kier alpha value is -3.20. The highest BCUT2D eigenvalue weighted by molar-refractivity contribution is 5.97. The number of H-pyrrole nitrogens is 1. The minimum atomic E-state index is -1.02. The molecule has 2 amide bonds. The lowest BCUT2D eigenvalue weighted by Crippen LogP contribution is -2.99. The highest BCUT2D eigenvalue weighted by atomic mass is 16.8. The van der Waals surface area contributed by atoms with Gasteiger partial charge in [0.15, 0.2) is 5.69 Å². The molecule has 3 aromatic rings. The second-order valence-corrected chi connectivity index (χ2v) is 8.88. The molecule has 8 nitrogen and oxygen atoms in total. The van der Waals surface area contributed by atoms with Gasteiger partial charge in [0.25, 0.3) is 0 Å². The molecular formula is C25H28N4O4. The Kier molecular flexibility index (Phi) is 5.65. The summed E-state index contributed by atoms with van der Waals surface area (Å²) in [6.07, 6.45) is 3.39. The lowest BCUT2D eigenvalue weighted by atomic mass is 9.86. The fraction of sp³-hybridized carbons (Fsp3) is 0.360. The van der Waals surface area contributed by atoms with Gasteiger partial charge in [0.05, 0.1) is 12.6 Å². The van der Waals surface area contributed by atoms with Crippen molar-refractivity contribution in [2.45, 2.75) is 44.7 Å². The summed E-state index contributed by atoms with van der Waals surface area (Å²) in [4.78, 5) is 33.8. The summed E-state index contributed by atoms with van der Waals surface area (Å²) in [5.74, 6) is -0.132. The number of amides is 2. The van der Waals surface area contributed by atoms with Crippen molar-refractivity contribution in [3.05, 3.63) is 70.6 Å². The number of nitrogens with zero attached hydrogens (tertiary/aromatic N) is 2. The monoisotopic (exact) mass is 448 g/mol. The fourth-order valence-corrected chi connectivity index (χ4v) is 5.25. The van der Waals surface area contributed by atoms with Crippen molar-refractivity contribution in [2.24, 2.45) is 0 Å². The van der Waals surface area contributed by atoms with Crippen molar-refractivity contribution in [3.8, 4) is 0 Å². The van der Waals surface area contributed by atoms with Gasteiger partial charge in [0.2, 0.25) is 11.8 Å². The van der Waals surface area contributed by atoms with E-state index in [4.69, 9.17) is 0 Å². The van der Waals surface area contributed by atoms with Crippen molar-refractivity contribution < 1.29 is 20.0 Å². The molecule has 0 aliphatic carbocycles. The van der Waals surface area contributed by atoms with Crippen molar-refractivity contribution in [1.29, 1.82) is 0 Å². The molecule has 0 saturated carbocycles. The number of rotatable bonds is 6. The predicted molar refractivity (Wildman–Crippen MR) is 123 cm³/mol. The molecule has 1 fully saturated rings. The quantitative estimate of drug-likeness (QED) is 0.398. The second-order valence-electron chi connectivity index (χ2n) is 8.88. The van der Waals surface area contributed by atoms with Crippen molar-refractivity contribution in [1.82, 2.24) is 14.8 Å². The molecule has 3 N–H and O–H groups in total. The third-order valence-corrected chi connectivity index (χ3v) is 6.82. The van der Waals surface area contributed by atoms with Gasteiger partial charge < -0.3 is 20.0 Å². The predicted octanol–water partition coefficient (Wildman–Crippen LogP) is 2.45. The Morgan fingerprint density at radius 3 is 2.76 bits per heavy atom. The maximum absolute atomic E-state index is 13.5. The molecule has 5 rings (SSSR count). The van der Waals surface area contributed by atoms with Crippen LogP contribution in [0.1, 0.15) is 49.0 Å². The smallest absolute Gasteiger partial charge is 0.246 e. The summed E-state index contributed by atoms with van der Waals surface area (Å²) in [5.41, 5.74) is 3.67. The third kappa shape index (κ3) is 3.70. The van der Waals surface area contributed by atoms with Crippen LogP contribution in [0.15, 0.2) is 48.5 Å². The van der Waals surface area contributed by atoms with E-state index in [1.807, 2.05) is 30.3 Å². The number of aromatic nitrogens is 1. The Balaban J connectivity index is 1.63. The number of fused-ring (bicyclic) bond motifs is 4. The summed E-state index contributed by atoms with van der Waals surface area (Å²) in [6, 6.07) is 13.5. The SMILES string of the molecule is CCCCCN1CC(=O)N2C(Cc3c([nH]c4ccccc34)C2c2cccc([NH+]([O-])O)c2)C1=O. The fourth-order valence-electron chi connectivity index (χ4n) is 5.25. The molecule has 0 radical (unpaired) electrons. The zero-order chi connectivity index (χ0) is 23.1. The summed E-state index contributed by atoms with van der Waals surface area (Å²) in [7, 11) is 0. The molecule has 2 aliphatic rings. The molecule has 1 aromatic heterocycles. The molecular weight excluding hydrogens is 420 g/mol. The number of piperazine rings is 1. The number of carbonyl (C=O) groups excluding carboxylic acids is 2. The van der Waals surface area contributed by atoms with Crippen molar-refractivity contribution in [3.63, 3.8) is 0 Å². The van der Waals surface area contributed by atoms with Gasteiger partial charge in [-0.05, 0) is 23.6 Å². The van der Waals surface area contributed by atoms with Gasteiger partial charge in [0.1, 0.15) is 6.04 Å². The van der Waals surface area contributed by atoms with Gasteiger partial charge in [-0.1, -0.05) is 50.1 Å². The van der Waals surface area contributed by atoms with Gasteiger partial charge in [-0.15, -0.1) is 0 Å². The largest absolute Gasteiger partial charge is 0.595 e. The van der Waals surface area contributed by atoms with Crippen LogP contribution in [-0.4, -0.2) is 50.9 Å². The number of nitrogens with one attached hydrogen (secondary N) is 2. The van der Waals surface area contributed by atoms with Gasteiger partial charge in [-0.3, -0.25) is 9.59 Å². The van der Waals surface area contributed by atoms with Crippen LogP contribution in [0.25, 0.3) is 10.9 Å². The average molecular weight is 449 g/mol. The van der Waals surface area contributed by atoms with E-state index in [-0.39, 0.29) is 24.0 Å².